The van der Waals surface area contributed by atoms with E-state index in [1.54, 1.807) is 24.3 Å². The Morgan fingerprint density at radius 2 is 1.95 bits per heavy atom. The molecule has 1 aromatic carbocycles. The van der Waals surface area contributed by atoms with Gasteiger partial charge in [-0.1, -0.05) is 18.6 Å². The molecule has 4 N–H and O–H groups in total. The van der Waals surface area contributed by atoms with Crippen LogP contribution in [0.2, 0.25) is 0 Å². The molecule has 0 aliphatic heterocycles. The van der Waals surface area contributed by atoms with Gasteiger partial charge in [-0.15, -0.1) is 0 Å². The summed E-state index contributed by atoms with van der Waals surface area (Å²) in [6, 6.07) is 6.68. The maximum absolute atomic E-state index is 12.1. The van der Waals surface area contributed by atoms with E-state index >= 15 is 0 Å². The van der Waals surface area contributed by atoms with Gasteiger partial charge in [-0.25, -0.2) is 13.1 Å². The number of nitrogens with two attached hydrogens (primary N) is 1. The second-order valence-corrected chi connectivity index (χ2v) is 6.85. The van der Waals surface area contributed by atoms with Gasteiger partial charge in [0.25, 0.3) is 0 Å². The van der Waals surface area contributed by atoms with Crippen molar-refractivity contribution in [2.24, 2.45) is 5.92 Å². The van der Waals surface area contributed by atoms with Crippen LogP contribution < -0.4 is 10.5 Å². The summed E-state index contributed by atoms with van der Waals surface area (Å²) < 4.78 is 26.9. The molecule has 2 atom stereocenters. The SMILES string of the molecule is Nc1ccc(CS(=O)(=O)NC2CCCC2CO)cc1. The van der Waals surface area contributed by atoms with Gasteiger partial charge in [0.15, 0.2) is 0 Å². The van der Waals surface area contributed by atoms with E-state index in [0.717, 1.165) is 19.3 Å². The molecule has 106 valence electrons. The first-order valence-electron chi connectivity index (χ1n) is 6.45. The summed E-state index contributed by atoms with van der Waals surface area (Å²) in [5.41, 5.74) is 6.89. The van der Waals surface area contributed by atoms with Crippen LogP contribution in [-0.2, 0) is 15.8 Å². The number of rotatable bonds is 5. The highest BCUT2D eigenvalue weighted by Crippen LogP contribution is 2.26. The smallest absolute Gasteiger partial charge is 0.216 e. The Hall–Kier alpha value is -1.11. The molecule has 2 unspecified atom stereocenters. The number of hydrogen-bond donors (Lipinski definition) is 3. The van der Waals surface area contributed by atoms with E-state index in [1.165, 1.54) is 0 Å². The normalized spacial score (nSPS) is 23.6. The fourth-order valence-electron chi connectivity index (χ4n) is 2.52. The number of hydrogen-bond acceptors (Lipinski definition) is 4. The van der Waals surface area contributed by atoms with Crippen LogP contribution in [0.5, 0.6) is 0 Å². The van der Waals surface area contributed by atoms with Gasteiger partial charge >= 0.3 is 0 Å². The monoisotopic (exact) mass is 284 g/mol. The van der Waals surface area contributed by atoms with Crippen molar-refractivity contribution in [3.05, 3.63) is 29.8 Å². The Kier molecular flexibility index (Phi) is 4.44. The van der Waals surface area contributed by atoms with Gasteiger partial charge in [0.05, 0.1) is 5.75 Å². The Bertz CT molecular complexity index is 513. The third-order valence-electron chi connectivity index (χ3n) is 3.56. The van der Waals surface area contributed by atoms with E-state index in [0.29, 0.717) is 11.3 Å². The molecule has 1 aliphatic carbocycles. The highest BCUT2D eigenvalue weighted by Gasteiger charge is 2.30. The van der Waals surface area contributed by atoms with Gasteiger partial charge in [0.1, 0.15) is 0 Å². The van der Waals surface area contributed by atoms with E-state index in [-0.39, 0.29) is 24.3 Å². The first-order chi connectivity index (χ1) is 9.00. The van der Waals surface area contributed by atoms with Crippen LogP contribution >= 0.6 is 0 Å². The average Bonchev–Trinajstić information content (AvgIpc) is 2.78. The number of aliphatic hydroxyl groups is 1. The molecule has 0 aromatic heterocycles. The molecule has 6 heteroatoms. The third-order valence-corrected chi connectivity index (χ3v) is 4.94. The van der Waals surface area contributed by atoms with Crippen molar-refractivity contribution in [3.63, 3.8) is 0 Å². The van der Waals surface area contributed by atoms with Crippen molar-refractivity contribution in [2.45, 2.75) is 31.1 Å². The van der Waals surface area contributed by atoms with E-state index < -0.39 is 10.0 Å². The van der Waals surface area contributed by atoms with E-state index in [9.17, 15) is 13.5 Å². The van der Waals surface area contributed by atoms with Crippen molar-refractivity contribution >= 4 is 15.7 Å². The number of nitrogens with one attached hydrogen (secondary N) is 1. The van der Waals surface area contributed by atoms with E-state index in [1.807, 2.05) is 0 Å². The predicted molar refractivity (Wildman–Crippen MR) is 74.8 cm³/mol. The quantitative estimate of drug-likeness (QED) is 0.699. The zero-order valence-electron chi connectivity index (χ0n) is 10.7. The molecule has 5 nitrogen and oxygen atoms in total. The Morgan fingerprint density at radius 3 is 2.58 bits per heavy atom. The van der Waals surface area contributed by atoms with Gasteiger partial charge in [0, 0.05) is 18.3 Å². The van der Waals surface area contributed by atoms with Gasteiger partial charge in [0.2, 0.25) is 10.0 Å². The van der Waals surface area contributed by atoms with Crippen LogP contribution in [0.4, 0.5) is 5.69 Å². The van der Waals surface area contributed by atoms with Crippen LogP contribution in [0.1, 0.15) is 24.8 Å². The molecule has 1 aliphatic rings. The van der Waals surface area contributed by atoms with Gasteiger partial charge in [-0.2, -0.15) is 0 Å². The molecule has 0 spiro atoms. The summed E-state index contributed by atoms with van der Waals surface area (Å²) in [7, 11) is -3.38. The predicted octanol–water partition coefficient (Wildman–Crippen LogP) is 0.849. The molecule has 0 amide bonds. The highest BCUT2D eigenvalue weighted by atomic mass is 32.2. The van der Waals surface area contributed by atoms with Crippen molar-refractivity contribution in [2.75, 3.05) is 12.3 Å². The summed E-state index contributed by atoms with van der Waals surface area (Å²) in [4.78, 5) is 0. The van der Waals surface area contributed by atoms with Crippen molar-refractivity contribution in [1.29, 1.82) is 0 Å². The number of benzene rings is 1. The van der Waals surface area contributed by atoms with Crippen molar-refractivity contribution < 1.29 is 13.5 Å². The Morgan fingerprint density at radius 1 is 1.26 bits per heavy atom. The first-order valence-corrected chi connectivity index (χ1v) is 8.10. The lowest BCUT2D eigenvalue weighted by Gasteiger charge is -2.19. The largest absolute Gasteiger partial charge is 0.399 e. The maximum Gasteiger partial charge on any atom is 0.216 e. The van der Waals surface area contributed by atoms with E-state index in [2.05, 4.69) is 4.72 Å². The second-order valence-electron chi connectivity index (χ2n) is 5.10. The maximum atomic E-state index is 12.1. The number of sulfonamides is 1. The molecular weight excluding hydrogens is 264 g/mol. The summed E-state index contributed by atoms with van der Waals surface area (Å²) in [5, 5.41) is 9.20. The minimum absolute atomic E-state index is 0.0368. The number of anilines is 1. The first kappa shape index (κ1) is 14.3. The summed E-state index contributed by atoms with van der Waals surface area (Å²) in [6.07, 6.45) is 2.64. The lowest BCUT2D eigenvalue weighted by atomic mass is 10.1. The molecule has 2 rings (SSSR count). The Balaban J connectivity index is 2.00. The standard InChI is InChI=1S/C13H20N2O3S/c14-12-6-4-10(5-7-12)9-19(17,18)15-13-3-1-2-11(13)8-16/h4-7,11,13,15-16H,1-3,8-9,14H2. The zero-order chi connectivity index (χ0) is 13.9. The number of aliphatic hydroxyl groups excluding tert-OH is 1. The summed E-state index contributed by atoms with van der Waals surface area (Å²) >= 11 is 0. The Labute approximate surface area is 113 Å². The molecule has 19 heavy (non-hydrogen) atoms. The molecular formula is C13H20N2O3S. The van der Waals surface area contributed by atoms with Gasteiger partial charge in [-0.3, -0.25) is 0 Å². The second kappa shape index (κ2) is 5.90. The van der Waals surface area contributed by atoms with Crippen molar-refractivity contribution in [1.82, 2.24) is 4.72 Å². The minimum Gasteiger partial charge on any atom is -0.399 e. The molecule has 1 fully saturated rings. The van der Waals surface area contributed by atoms with Crippen LogP contribution in [0, 0.1) is 5.92 Å². The molecule has 0 heterocycles. The average molecular weight is 284 g/mol. The molecule has 1 aromatic rings. The lowest BCUT2D eigenvalue weighted by Crippen LogP contribution is -2.39. The number of nitrogen functional groups attached to an aromatic ring is 1. The van der Waals surface area contributed by atoms with E-state index in [4.69, 9.17) is 5.73 Å². The molecule has 1 saturated carbocycles. The highest BCUT2D eigenvalue weighted by molar-refractivity contribution is 7.88. The molecule has 0 radical (unpaired) electrons. The van der Waals surface area contributed by atoms with Crippen LogP contribution in [0.3, 0.4) is 0 Å². The third kappa shape index (κ3) is 3.92. The van der Waals surface area contributed by atoms with Gasteiger partial charge in [-0.05, 0) is 36.5 Å². The van der Waals surface area contributed by atoms with Crippen molar-refractivity contribution in [3.8, 4) is 0 Å². The van der Waals surface area contributed by atoms with Gasteiger partial charge < -0.3 is 10.8 Å². The zero-order valence-corrected chi connectivity index (χ0v) is 11.6. The van der Waals surface area contributed by atoms with Crippen LogP contribution in [0.15, 0.2) is 24.3 Å². The minimum atomic E-state index is -3.38. The van der Waals surface area contributed by atoms with Crippen LogP contribution in [0.25, 0.3) is 0 Å². The summed E-state index contributed by atoms with van der Waals surface area (Å²) in [6.45, 7) is 0.0368. The molecule has 0 saturated heterocycles. The molecule has 0 bridgehead atoms. The fraction of sp³-hybridized carbons (Fsp3) is 0.538. The topological polar surface area (TPSA) is 92.4 Å². The fourth-order valence-corrected chi connectivity index (χ4v) is 4.00. The summed E-state index contributed by atoms with van der Waals surface area (Å²) in [5.74, 6) is -0.0109. The van der Waals surface area contributed by atoms with Crippen LogP contribution in [-0.4, -0.2) is 26.2 Å². The lowest BCUT2D eigenvalue weighted by molar-refractivity contribution is 0.213.